The summed E-state index contributed by atoms with van der Waals surface area (Å²) in [6.07, 6.45) is 1.01. The van der Waals surface area contributed by atoms with E-state index in [9.17, 15) is 9.59 Å². The van der Waals surface area contributed by atoms with Crippen molar-refractivity contribution in [3.63, 3.8) is 0 Å². The maximum absolute atomic E-state index is 12.1. The third-order valence-corrected chi connectivity index (χ3v) is 3.09. The highest BCUT2D eigenvalue weighted by Crippen LogP contribution is 2.07. The van der Waals surface area contributed by atoms with E-state index < -0.39 is 12.0 Å². The molecule has 8 heteroatoms. The third kappa shape index (κ3) is 2.08. The molecule has 0 atom stereocenters. The predicted molar refractivity (Wildman–Crippen MR) is 68.0 cm³/mol. The maximum Gasteiger partial charge on any atom is 0.332 e. The van der Waals surface area contributed by atoms with Crippen molar-refractivity contribution >= 4 is 11.2 Å². The number of hydrogen-bond donors (Lipinski definition) is 0. The summed E-state index contributed by atoms with van der Waals surface area (Å²) < 4.78 is 14.2. The molecule has 0 aliphatic carbocycles. The average Bonchev–Trinajstić information content (AvgIpc) is 2.83. The number of hydrogen-bond acceptors (Lipinski definition) is 5. The van der Waals surface area contributed by atoms with Crippen LogP contribution < -0.4 is 11.2 Å². The van der Waals surface area contributed by atoms with E-state index in [0.29, 0.717) is 17.7 Å². The Morgan fingerprint density at radius 3 is 2.42 bits per heavy atom. The lowest BCUT2D eigenvalue weighted by molar-refractivity contribution is -0.110. The zero-order valence-electron chi connectivity index (χ0n) is 11.3. The highest BCUT2D eigenvalue weighted by atomic mass is 16.7. The summed E-state index contributed by atoms with van der Waals surface area (Å²) in [7, 11) is 6.04. The van der Waals surface area contributed by atoms with Crippen molar-refractivity contribution in [1.82, 2.24) is 18.7 Å². The van der Waals surface area contributed by atoms with Crippen LogP contribution in [0.2, 0.25) is 0 Å². The summed E-state index contributed by atoms with van der Waals surface area (Å²) in [6, 6.07) is 0. The molecular formula is C11H16N4O4. The van der Waals surface area contributed by atoms with Gasteiger partial charge >= 0.3 is 5.69 Å². The lowest BCUT2D eigenvalue weighted by atomic mass is 10.4. The monoisotopic (exact) mass is 268 g/mol. The van der Waals surface area contributed by atoms with Crippen molar-refractivity contribution in [2.75, 3.05) is 14.2 Å². The lowest BCUT2D eigenvalue weighted by Crippen LogP contribution is -2.38. The fraction of sp³-hybridized carbons (Fsp3) is 0.545. The first-order valence-electron chi connectivity index (χ1n) is 5.67. The van der Waals surface area contributed by atoms with Gasteiger partial charge in [-0.25, -0.2) is 9.78 Å². The highest BCUT2D eigenvalue weighted by Gasteiger charge is 2.16. The molecule has 8 nitrogen and oxygen atoms in total. The second kappa shape index (κ2) is 4.98. The van der Waals surface area contributed by atoms with Gasteiger partial charge in [0.25, 0.3) is 5.56 Å². The van der Waals surface area contributed by atoms with E-state index in [-0.39, 0.29) is 5.56 Å². The lowest BCUT2D eigenvalue weighted by Gasteiger charge is -2.14. The number of nitrogens with zero attached hydrogens (tertiary/aromatic N) is 4. The van der Waals surface area contributed by atoms with Crippen molar-refractivity contribution in [1.29, 1.82) is 0 Å². The van der Waals surface area contributed by atoms with Gasteiger partial charge in [-0.1, -0.05) is 0 Å². The van der Waals surface area contributed by atoms with Crippen LogP contribution in [0.25, 0.3) is 11.2 Å². The molecule has 0 aromatic carbocycles. The van der Waals surface area contributed by atoms with Crippen LogP contribution in [0, 0.1) is 0 Å². The Bertz CT molecular complexity index is 708. The van der Waals surface area contributed by atoms with Gasteiger partial charge < -0.3 is 14.0 Å². The van der Waals surface area contributed by atoms with E-state index in [1.165, 1.54) is 32.2 Å². The van der Waals surface area contributed by atoms with Crippen molar-refractivity contribution in [3.8, 4) is 0 Å². The molecule has 2 aromatic rings. The molecule has 2 heterocycles. The molecule has 0 unspecified atom stereocenters. The number of methoxy groups -OCH3 is 2. The smallest absolute Gasteiger partial charge is 0.332 e. The van der Waals surface area contributed by atoms with E-state index in [1.807, 2.05) is 0 Å². The van der Waals surface area contributed by atoms with Crippen LogP contribution in [-0.2, 0) is 30.1 Å². The second-order valence-electron chi connectivity index (χ2n) is 4.18. The van der Waals surface area contributed by atoms with Crippen LogP contribution >= 0.6 is 0 Å². The van der Waals surface area contributed by atoms with Gasteiger partial charge in [-0.2, -0.15) is 0 Å². The Labute approximate surface area is 108 Å². The second-order valence-corrected chi connectivity index (χ2v) is 4.18. The minimum absolute atomic E-state index is 0.316. The Morgan fingerprint density at radius 1 is 1.21 bits per heavy atom. The standard InChI is InChI=1S/C11H16N4O4/c1-13-9-8(10(16)14(2)11(13)17)15(6-12-9)5-7(18-3)19-4/h6-7H,5H2,1-4H3. The van der Waals surface area contributed by atoms with Crippen molar-refractivity contribution in [2.45, 2.75) is 12.8 Å². The van der Waals surface area contributed by atoms with Gasteiger partial charge in [-0.15, -0.1) is 0 Å². The van der Waals surface area contributed by atoms with Gasteiger partial charge in [0, 0.05) is 28.3 Å². The van der Waals surface area contributed by atoms with Crippen molar-refractivity contribution < 1.29 is 9.47 Å². The van der Waals surface area contributed by atoms with Crippen LogP contribution in [-0.4, -0.2) is 39.2 Å². The normalized spacial score (nSPS) is 11.6. The average molecular weight is 268 g/mol. The van der Waals surface area contributed by atoms with E-state index in [2.05, 4.69) is 4.98 Å². The number of rotatable bonds is 4. The molecular weight excluding hydrogens is 252 g/mol. The summed E-state index contributed by atoms with van der Waals surface area (Å²) in [5.74, 6) is 0. The molecule has 104 valence electrons. The zero-order valence-corrected chi connectivity index (χ0v) is 11.3. The topological polar surface area (TPSA) is 80.3 Å². The largest absolute Gasteiger partial charge is 0.354 e. The summed E-state index contributed by atoms with van der Waals surface area (Å²) in [6.45, 7) is 0.316. The molecule has 0 saturated carbocycles. The van der Waals surface area contributed by atoms with Gasteiger partial charge in [-0.3, -0.25) is 13.9 Å². The number of fused-ring (bicyclic) bond motifs is 1. The van der Waals surface area contributed by atoms with Crippen LogP contribution in [0.4, 0.5) is 0 Å². The Hall–Kier alpha value is -1.93. The third-order valence-electron chi connectivity index (χ3n) is 3.09. The summed E-state index contributed by atoms with van der Waals surface area (Å²) in [5.41, 5.74) is -0.0953. The fourth-order valence-electron chi connectivity index (χ4n) is 1.94. The molecule has 2 aromatic heterocycles. The molecule has 0 fully saturated rings. The highest BCUT2D eigenvalue weighted by molar-refractivity contribution is 5.69. The van der Waals surface area contributed by atoms with Gasteiger partial charge in [0.05, 0.1) is 12.9 Å². The first-order valence-corrected chi connectivity index (χ1v) is 5.67. The van der Waals surface area contributed by atoms with Gasteiger partial charge in [0.2, 0.25) is 0 Å². The molecule has 0 aliphatic heterocycles. The molecule has 2 rings (SSSR count). The molecule has 0 spiro atoms. The summed E-state index contributed by atoms with van der Waals surface area (Å²) >= 11 is 0. The molecule has 0 amide bonds. The van der Waals surface area contributed by atoms with Gasteiger partial charge in [0.15, 0.2) is 17.5 Å². The molecule has 0 radical (unpaired) electrons. The Balaban J connectivity index is 2.66. The maximum atomic E-state index is 12.1. The summed E-state index contributed by atoms with van der Waals surface area (Å²) in [4.78, 5) is 28.0. The van der Waals surface area contributed by atoms with Crippen molar-refractivity contribution in [2.24, 2.45) is 14.1 Å². The number of imidazole rings is 1. The summed E-state index contributed by atoms with van der Waals surface area (Å²) in [5, 5.41) is 0. The van der Waals surface area contributed by atoms with E-state index in [4.69, 9.17) is 9.47 Å². The zero-order chi connectivity index (χ0) is 14.2. The number of aryl methyl sites for hydroxylation is 1. The number of aromatic nitrogens is 4. The Kier molecular flexibility index (Phi) is 3.54. The van der Waals surface area contributed by atoms with Crippen LogP contribution in [0.15, 0.2) is 15.9 Å². The van der Waals surface area contributed by atoms with Crippen LogP contribution in [0.1, 0.15) is 0 Å². The predicted octanol–water partition coefficient (Wildman–Crippen LogP) is -0.947. The first kappa shape index (κ1) is 13.5. The van der Waals surface area contributed by atoms with Gasteiger partial charge in [0.1, 0.15) is 0 Å². The SMILES string of the molecule is COC(Cn1cnc2c1c(=O)n(C)c(=O)n2C)OC. The van der Waals surface area contributed by atoms with E-state index >= 15 is 0 Å². The van der Waals surface area contributed by atoms with Crippen molar-refractivity contribution in [3.05, 3.63) is 27.2 Å². The quantitative estimate of drug-likeness (QED) is 0.668. The minimum atomic E-state index is -0.487. The first-order chi connectivity index (χ1) is 9.01. The number of ether oxygens (including phenoxy) is 2. The van der Waals surface area contributed by atoms with Crippen LogP contribution in [0.3, 0.4) is 0 Å². The molecule has 0 saturated heterocycles. The molecule has 19 heavy (non-hydrogen) atoms. The molecule has 0 bridgehead atoms. The van der Waals surface area contributed by atoms with E-state index in [0.717, 1.165) is 4.57 Å². The molecule has 0 N–H and O–H groups in total. The molecule has 0 aliphatic rings. The van der Waals surface area contributed by atoms with Crippen LogP contribution in [0.5, 0.6) is 0 Å². The van der Waals surface area contributed by atoms with E-state index in [1.54, 1.807) is 11.6 Å². The van der Waals surface area contributed by atoms with Gasteiger partial charge in [-0.05, 0) is 0 Å². The fourth-order valence-corrected chi connectivity index (χ4v) is 1.94. The minimum Gasteiger partial charge on any atom is -0.354 e. The Morgan fingerprint density at radius 2 is 1.84 bits per heavy atom.